The molecule has 71 heavy (non-hydrogen) atoms. The average molecular weight is 979 g/mol. The van der Waals surface area contributed by atoms with Crippen LogP contribution in [0.25, 0.3) is 27.7 Å². The Balaban J connectivity index is 1.24. The van der Waals surface area contributed by atoms with E-state index >= 15 is 0 Å². The van der Waals surface area contributed by atoms with E-state index in [0.717, 1.165) is 44.6 Å². The lowest BCUT2D eigenvalue weighted by Crippen LogP contribution is -2.68. The van der Waals surface area contributed by atoms with E-state index in [4.69, 9.17) is 18.9 Å². The van der Waals surface area contributed by atoms with Crippen molar-refractivity contribution in [1.29, 1.82) is 0 Å². The van der Waals surface area contributed by atoms with Crippen molar-refractivity contribution in [3.63, 3.8) is 0 Å². The van der Waals surface area contributed by atoms with Crippen LogP contribution < -0.4 is 21.1 Å². The summed E-state index contributed by atoms with van der Waals surface area (Å²) >= 11 is 0. The number of esters is 1. The number of hydrogen-bond donors (Lipinski definition) is 2. The number of nitrogens with zero attached hydrogens (tertiary/aromatic N) is 4. The summed E-state index contributed by atoms with van der Waals surface area (Å²) in [6, 6.07) is 30.8. The molecule has 1 saturated heterocycles. The van der Waals surface area contributed by atoms with Crippen molar-refractivity contribution >= 4 is 53.0 Å². The monoisotopic (exact) mass is 979 g/mol. The lowest BCUT2D eigenvalue weighted by atomic mass is 9.84. The number of aromatic nitrogens is 2. The lowest BCUT2D eigenvalue weighted by molar-refractivity contribution is -0.155. The van der Waals surface area contributed by atoms with Gasteiger partial charge in [0.1, 0.15) is 12.1 Å². The van der Waals surface area contributed by atoms with Gasteiger partial charge in [-0.2, -0.15) is 0 Å². The van der Waals surface area contributed by atoms with Gasteiger partial charge in [0.05, 0.1) is 30.2 Å². The number of carbonyl (C=O) groups excluding carboxylic acids is 3. The summed E-state index contributed by atoms with van der Waals surface area (Å²) in [5.74, 6) is -0.485. The Labute approximate surface area is 421 Å². The molecule has 2 aromatic heterocycles. The van der Waals surface area contributed by atoms with E-state index in [2.05, 4.69) is 167 Å². The van der Waals surface area contributed by atoms with Crippen LogP contribution in [0.1, 0.15) is 98.1 Å². The largest absolute Gasteiger partial charge is 0.464 e. The first-order chi connectivity index (χ1) is 33.9. The van der Waals surface area contributed by atoms with E-state index in [1.54, 1.807) is 12.1 Å². The molecule has 8 atom stereocenters. The minimum absolute atomic E-state index is 0.112. The number of carbonyl (C=O) groups is 3. The van der Waals surface area contributed by atoms with Crippen molar-refractivity contribution in [3.05, 3.63) is 120 Å². The number of hydrogen-bond acceptors (Lipinski definition) is 9. The quantitative estimate of drug-likeness (QED) is 0.106. The maximum Gasteiger partial charge on any atom is 0.324 e. The molecule has 13 heteroatoms. The summed E-state index contributed by atoms with van der Waals surface area (Å²) in [6.07, 6.45) is 5.25. The Morgan fingerprint density at radius 3 is 2.30 bits per heavy atom. The number of cyclic esters (lactones) is 1. The first-order valence-electron chi connectivity index (χ1n) is 25.8. The molecule has 2 fully saturated rings. The highest BCUT2D eigenvalue weighted by Gasteiger charge is 2.52. The molecule has 3 aromatic carbocycles. The standard InChI is InChI=1S/C58H74N6O6Si/c1-11-63-50-27-26-40-31-46(50)47(53(63)45-24-18-28-59-52(45)39(4)68-10)32-58(8,9)36-69-56(67)48-25-19-29-64(61-48)55(66)49(60-54(65)51-37(2)38(51)3)35-62-33-41(40)30-42(34-62)70-71(57(5,6)7,43-20-14-12-15-21-43)44-22-16-13-17-23-44/h12-18,20-24,26-28,30-31,37-39,42,48-49,51,61H,11,19,25,29,32-36H2,1-10H3,(H,60,65)/t37-,38+,39-,42?,48-,49-,51?/m0/s1. The average Bonchev–Trinajstić information content (AvgIpc) is 3.86. The fraction of sp³-hybridized carbons (Fsp3) is 0.483. The summed E-state index contributed by atoms with van der Waals surface area (Å²) in [6.45, 7) is 22.1. The maximum absolute atomic E-state index is 15.0. The number of benzene rings is 3. The van der Waals surface area contributed by atoms with Gasteiger partial charge in [-0.15, -0.1) is 0 Å². The zero-order chi connectivity index (χ0) is 50.4. The molecule has 5 aromatic rings. The van der Waals surface area contributed by atoms with Crippen LogP contribution in [0.3, 0.4) is 0 Å². The predicted molar refractivity (Wildman–Crippen MR) is 283 cm³/mol. The van der Waals surface area contributed by atoms with Gasteiger partial charge in [-0.1, -0.05) is 121 Å². The highest BCUT2D eigenvalue weighted by atomic mass is 28.4. The Morgan fingerprint density at radius 2 is 1.66 bits per heavy atom. The number of pyridine rings is 1. The van der Waals surface area contributed by atoms with Gasteiger partial charge < -0.3 is 23.8 Å². The minimum atomic E-state index is -3.08. The second-order valence-electron chi connectivity index (χ2n) is 22.4. The molecule has 9 rings (SSSR count). The van der Waals surface area contributed by atoms with Crippen LogP contribution in [0.15, 0.2) is 103 Å². The number of aryl methyl sites for hydroxylation is 1. The summed E-state index contributed by atoms with van der Waals surface area (Å²) in [5.41, 5.74) is 10.1. The smallest absolute Gasteiger partial charge is 0.324 e. The first kappa shape index (κ1) is 50.5. The molecule has 3 unspecified atom stereocenters. The SMILES string of the molecule is CCn1c(-c2cccnc2[C@H](C)OC)c2c3cc(ccc31)C1=CC(O[Si](c3ccccc3)(c3ccccc3)C(C)(C)C)CN(C1)C[C@H](NC(=O)C1[C@@H](C)[C@H]1C)C(=O)N1CCC[C@H](N1)C(=O)OCC(C)(C)C2. The molecule has 0 spiro atoms. The predicted octanol–water partition coefficient (Wildman–Crippen LogP) is 8.08. The first-order valence-corrected chi connectivity index (χ1v) is 27.8. The van der Waals surface area contributed by atoms with E-state index in [9.17, 15) is 14.4 Å². The van der Waals surface area contributed by atoms with Gasteiger partial charge in [-0.05, 0) is 101 Å². The molecule has 1 aliphatic carbocycles. The molecule has 1 saturated carbocycles. The van der Waals surface area contributed by atoms with Crippen LogP contribution in [0.5, 0.6) is 0 Å². The zero-order valence-corrected chi connectivity index (χ0v) is 44.5. The van der Waals surface area contributed by atoms with E-state index in [-0.39, 0.29) is 53.9 Å². The van der Waals surface area contributed by atoms with E-state index in [1.807, 2.05) is 19.2 Å². The Hall–Kier alpha value is -5.44. The molecule has 2 N–H and O–H groups in total. The number of fused-ring (bicyclic) bond motifs is 6. The summed E-state index contributed by atoms with van der Waals surface area (Å²) in [5, 5.41) is 8.00. The molecule has 2 amide bonds. The number of methoxy groups -OCH3 is 1. The molecule has 3 aliphatic heterocycles. The highest BCUT2D eigenvalue weighted by Crippen LogP contribution is 2.46. The van der Waals surface area contributed by atoms with Crippen molar-refractivity contribution in [3.8, 4) is 11.3 Å². The van der Waals surface area contributed by atoms with Crippen LogP contribution in [0.2, 0.25) is 5.04 Å². The Kier molecular flexibility index (Phi) is 14.4. The second-order valence-corrected chi connectivity index (χ2v) is 26.6. The zero-order valence-electron chi connectivity index (χ0n) is 43.5. The molecule has 4 aliphatic rings. The molecule has 6 bridgehead atoms. The van der Waals surface area contributed by atoms with Crippen LogP contribution in [0, 0.1) is 23.2 Å². The number of nitrogens with one attached hydrogen (secondary N) is 2. The number of amides is 2. The van der Waals surface area contributed by atoms with Crippen LogP contribution >= 0.6 is 0 Å². The fourth-order valence-electron chi connectivity index (χ4n) is 11.8. The van der Waals surface area contributed by atoms with E-state index in [0.29, 0.717) is 45.4 Å². The van der Waals surface area contributed by atoms with Gasteiger partial charge >= 0.3 is 5.97 Å². The molecule has 5 heterocycles. The van der Waals surface area contributed by atoms with Crippen molar-refractivity contribution < 1.29 is 28.3 Å². The Morgan fingerprint density at radius 1 is 0.972 bits per heavy atom. The van der Waals surface area contributed by atoms with Crippen LogP contribution in [-0.2, 0) is 41.2 Å². The van der Waals surface area contributed by atoms with Crippen LogP contribution in [0.4, 0.5) is 0 Å². The Bertz CT molecular complexity index is 2740. The maximum atomic E-state index is 15.0. The summed E-state index contributed by atoms with van der Waals surface area (Å²) in [7, 11) is -1.36. The van der Waals surface area contributed by atoms with E-state index < -0.39 is 37.9 Å². The van der Waals surface area contributed by atoms with Crippen molar-refractivity contribution in [2.75, 3.05) is 39.9 Å². The fourth-order valence-corrected chi connectivity index (χ4v) is 16.4. The summed E-state index contributed by atoms with van der Waals surface area (Å²) < 4.78 is 22.5. The third-order valence-corrected chi connectivity index (χ3v) is 20.9. The normalized spacial score (nSPS) is 25.5. The molecule has 0 radical (unpaired) electrons. The molecular formula is C58H74N6O6Si. The number of rotatable bonds is 10. The summed E-state index contributed by atoms with van der Waals surface area (Å²) in [4.78, 5) is 50.4. The number of ether oxygens (including phenoxy) is 2. The van der Waals surface area contributed by atoms with E-state index in [1.165, 1.54) is 10.4 Å². The third-order valence-electron chi connectivity index (χ3n) is 15.8. The van der Waals surface area contributed by atoms with Crippen molar-refractivity contribution in [2.24, 2.45) is 23.2 Å². The van der Waals surface area contributed by atoms with Gasteiger partial charge in [0, 0.05) is 73.8 Å². The lowest BCUT2D eigenvalue weighted by Gasteiger charge is -2.46. The third kappa shape index (κ3) is 9.92. The minimum Gasteiger partial charge on any atom is -0.464 e. The van der Waals surface area contributed by atoms with Gasteiger partial charge in [-0.25, -0.2) is 5.43 Å². The van der Waals surface area contributed by atoms with Crippen LogP contribution in [-0.4, -0.2) is 104 Å². The molecule has 12 nitrogen and oxygen atoms in total. The highest BCUT2D eigenvalue weighted by molar-refractivity contribution is 6.99. The van der Waals surface area contributed by atoms with Gasteiger partial charge in [0.15, 0.2) is 0 Å². The van der Waals surface area contributed by atoms with Crippen molar-refractivity contribution in [1.82, 2.24) is 30.2 Å². The van der Waals surface area contributed by atoms with Gasteiger partial charge in [0.25, 0.3) is 14.2 Å². The molecule has 376 valence electrons. The number of hydrazine groups is 1. The van der Waals surface area contributed by atoms with Gasteiger partial charge in [0.2, 0.25) is 5.91 Å². The topological polar surface area (TPSA) is 127 Å². The second kappa shape index (κ2) is 20.2. The van der Waals surface area contributed by atoms with Gasteiger partial charge in [-0.3, -0.25) is 29.3 Å². The molecular weight excluding hydrogens is 905 g/mol. The van der Waals surface area contributed by atoms with Crippen molar-refractivity contribution in [2.45, 2.75) is 117 Å².